The van der Waals surface area contributed by atoms with Gasteiger partial charge in [0.25, 0.3) is 0 Å². The molecular formula is C11H21N3. The Morgan fingerprint density at radius 1 is 1.43 bits per heavy atom. The van der Waals surface area contributed by atoms with Crippen molar-refractivity contribution in [3.8, 4) is 0 Å². The second kappa shape index (κ2) is 4.60. The van der Waals surface area contributed by atoms with Crippen LogP contribution in [0.3, 0.4) is 0 Å². The zero-order chi connectivity index (χ0) is 10.7. The zero-order valence-corrected chi connectivity index (χ0v) is 9.62. The molecule has 1 aromatic heterocycles. The van der Waals surface area contributed by atoms with Crippen molar-refractivity contribution in [2.75, 3.05) is 0 Å². The number of aryl methyl sites for hydroxylation is 2. The monoisotopic (exact) mass is 195 g/mol. The van der Waals surface area contributed by atoms with Gasteiger partial charge in [0, 0.05) is 13.1 Å². The average molecular weight is 195 g/mol. The van der Waals surface area contributed by atoms with E-state index in [0.717, 1.165) is 23.7 Å². The topological polar surface area (TPSA) is 43.8 Å². The van der Waals surface area contributed by atoms with Crippen molar-refractivity contribution in [1.29, 1.82) is 0 Å². The van der Waals surface area contributed by atoms with Gasteiger partial charge in [-0.05, 0) is 31.7 Å². The highest BCUT2D eigenvalue weighted by Gasteiger charge is 2.11. The molecule has 0 aromatic carbocycles. The molecule has 3 nitrogen and oxygen atoms in total. The predicted octanol–water partition coefficient (Wildman–Crippen LogP) is 2.16. The van der Waals surface area contributed by atoms with Gasteiger partial charge in [-0.25, -0.2) is 0 Å². The van der Waals surface area contributed by atoms with Crippen molar-refractivity contribution < 1.29 is 0 Å². The Bertz CT molecular complexity index is 289. The highest BCUT2D eigenvalue weighted by Crippen LogP contribution is 2.18. The van der Waals surface area contributed by atoms with E-state index in [1.165, 1.54) is 6.42 Å². The first-order valence-electron chi connectivity index (χ1n) is 5.26. The third-order valence-corrected chi connectivity index (χ3v) is 2.47. The summed E-state index contributed by atoms with van der Waals surface area (Å²) < 4.78 is 1.89. The summed E-state index contributed by atoms with van der Waals surface area (Å²) in [4.78, 5) is 0. The lowest BCUT2D eigenvalue weighted by molar-refractivity contribution is 0.488. The Morgan fingerprint density at radius 3 is 2.50 bits per heavy atom. The summed E-state index contributed by atoms with van der Waals surface area (Å²) in [6.07, 6.45) is 2.21. The lowest BCUT2D eigenvalue weighted by Crippen LogP contribution is -2.15. The molecule has 1 atom stereocenters. The number of nitrogens with two attached hydrogens (primary N) is 1. The van der Waals surface area contributed by atoms with Crippen LogP contribution in [-0.2, 0) is 7.05 Å². The summed E-state index contributed by atoms with van der Waals surface area (Å²) in [5.74, 6) is 0.718. The van der Waals surface area contributed by atoms with Crippen LogP contribution >= 0.6 is 0 Å². The number of hydrogen-bond donors (Lipinski definition) is 1. The summed E-state index contributed by atoms with van der Waals surface area (Å²) >= 11 is 0. The number of rotatable bonds is 4. The van der Waals surface area contributed by atoms with Crippen molar-refractivity contribution in [3.63, 3.8) is 0 Å². The zero-order valence-electron chi connectivity index (χ0n) is 9.62. The molecule has 1 rings (SSSR count). The molecule has 1 aromatic rings. The average Bonchev–Trinajstić information content (AvgIpc) is 2.41. The van der Waals surface area contributed by atoms with Crippen LogP contribution in [0.1, 0.15) is 44.1 Å². The summed E-state index contributed by atoms with van der Waals surface area (Å²) in [5, 5.41) is 4.30. The molecule has 2 N–H and O–H groups in total. The summed E-state index contributed by atoms with van der Waals surface area (Å²) in [6.45, 7) is 6.45. The van der Waals surface area contributed by atoms with E-state index in [-0.39, 0.29) is 6.04 Å². The maximum Gasteiger partial charge on any atom is 0.0597 e. The Balaban J connectivity index is 2.60. The molecule has 0 amide bonds. The lowest BCUT2D eigenvalue weighted by Gasteiger charge is -2.13. The second-order valence-corrected chi connectivity index (χ2v) is 4.41. The number of nitrogens with zero attached hydrogens (tertiary/aromatic N) is 2. The molecule has 0 saturated heterocycles. The largest absolute Gasteiger partial charge is 0.323 e. The smallest absolute Gasteiger partial charge is 0.0597 e. The third-order valence-electron chi connectivity index (χ3n) is 2.47. The first-order chi connectivity index (χ1) is 6.50. The van der Waals surface area contributed by atoms with Gasteiger partial charge >= 0.3 is 0 Å². The van der Waals surface area contributed by atoms with E-state index >= 15 is 0 Å². The molecule has 0 radical (unpaired) electrons. The first-order valence-corrected chi connectivity index (χ1v) is 5.26. The fourth-order valence-electron chi connectivity index (χ4n) is 1.64. The molecule has 0 aliphatic rings. The van der Waals surface area contributed by atoms with Gasteiger partial charge in [0.1, 0.15) is 0 Å². The van der Waals surface area contributed by atoms with Gasteiger partial charge < -0.3 is 5.73 Å². The van der Waals surface area contributed by atoms with Gasteiger partial charge in [-0.2, -0.15) is 5.10 Å². The molecule has 0 fully saturated rings. The van der Waals surface area contributed by atoms with E-state index in [2.05, 4.69) is 25.0 Å². The highest BCUT2D eigenvalue weighted by molar-refractivity contribution is 5.12. The van der Waals surface area contributed by atoms with Gasteiger partial charge in [-0.1, -0.05) is 13.8 Å². The van der Waals surface area contributed by atoms with Crippen LogP contribution in [0.4, 0.5) is 0 Å². The highest BCUT2D eigenvalue weighted by atomic mass is 15.3. The van der Waals surface area contributed by atoms with Crippen molar-refractivity contribution in [2.45, 2.75) is 39.7 Å². The number of hydrogen-bond acceptors (Lipinski definition) is 2. The molecule has 0 aliphatic carbocycles. The molecule has 3 heteroatoms. The summed E-state index contributed by atoms with van der Waals surface area (Å²) in [6, 6.07) is 2.20. The van der Waals surface area contributed by atoms with E-state index in [4.69, 9.17) is 5.73 Å². The Hall–Kier alpha value is -0.830. The van der Waals surface area contributed by atoms with Crippen LogP contribution < -0.4 is 5.73 Å². The SMILES string of the molecule is Cc1cc(C(N)CCC(C)C)n(C)n1. The van der Waals surface area contributed by atoms with Crippen LogP contribution in [0, 0.1) is 12.8 Å². The van der Waals surface area contributed by atoms with Crippen LogP contribution in [0.15, 0.2) is 6.07 Å². The van der Waals surface area contributed by atoms with E-state index in [0.29, 0.717) is 0 Å². The van der Waals surface area contributed by atoms with E-state index < -0.39 is 0 Å². The maximum atomic E-state index is 6.10. The fourth-order valence-corrected chi connectivity index (χ4v) is 1.64. The van der Waals surface area contributed by atoms with Crippen LogP contribution in [0.25, 0.3) is 0 Å². The number of aromatic nitrogens is 2. The molecule has 14 heavy (non-hydrogen) atoms. The summed E-state index contributed by atoms with van der Waals surface area (Å²) in [5.41, 5.74) is 8.28. The van der Waals surface area contributed by atoms with Crippen LogP contribution in [0.5, 0.6) is 0 Å². The Morgan fingerprint density at radius 2 is 2.07 bits per heavy atom. The van der Waals surface area contributed by atoms with Gasteiger partial charge in [0.2, 0.25) is 0 Å². The van der Waals surface area contributed by atoms with E-state index in [9.17, 15) is 0 Å². The third kappa shape index (κ3) is 2.84. The minimum absolute atomic E-state index is 0.128. The summed E-state index contributed by atoms with van der Waals surface area (Å²) in [7, 11) is 1.96. The lowest BCUT2D eigenvalue weighted by atomic mass is 10.0. The van der Waals surface area contributed by atoms with Crippen LogP contribution in [-0.4, -0.2) is 9.78 Å². The predicted molar refractivity (Wildman–Crippen MR) is 58.9 cm³/mol. The molecule has 1 heterocycles. The standard InChI is InChI=1S/C11H21N3/c1-8(2)5-6-10(12)11-7-9(3)13-14(11)4/h7-8,10H,5-6,12H2,1-4H3. The van der Waals surface area contributed by atoms with Gasteiger partial charge in [0.05, 0.1) is 11.4 Å². The van der Waals surface area contributed by atoms with Crippen molar-refractivity contribution in [3.05, 3.63) is 17.5 Å². The molecular weight excluding hydrogens is 174 g/mol. The first kappa shape index (κ1) is 11.2. The second-order valence-electron chi connectivity index (χ2n) is 4.41. The molecule has 0 saturated carbocycles. The maximum absolute atomic E-state index is 6.10. The van der Waals surface area contributed by atoms with E-state index in [1.54, 1.807) is 0 Å². The minimum Gasteiger partial charge on any atom is -0.323 e. The van der Waals surface area contributed by atoms with Crippen molar-refractivity contribution >= 4 is 0 Å². The van der Waals surface area contributed by atoms with Gasteiger partial charge in [-0.3, -0.25) is 4.68 Å². The molecule has 0 spiro atoms. The van der Waals surface area contributed by atoms with Crippen molar-refractivity contribution in [1.82, 2.24) is 9.78 Å². The normalized spacial score (nSPS) is 13.6. The Kier molecular flexibility index (Phi) is 3.69. The van der Waals surface area contributed by atoms with Crippen LogP contribution in [0.2, 0.25) is 0 Å². The molecule has 0 bridgehead atoms. The molecule has 80 valence electrons. The minimum atomic E-state index is 0.128. The molecule has 0 aliphatic heterocycles. The quantitative estimate of drug-likeness (QED) is 0.800. The van der Waals surface area contributed by atoms with Gasteiger partial charge in [0.15, 0.2) is 0 Å². The molecule has 1 unspecified atom stereocenters. The van der Waals surface area contributed by atoms with Gasteiger partial charge in [-0.15, -0.1) is 0 Å². The Labute approximate surface area is 86.3 Å². The fraction of sp³-hybridized carbons (Fsp3) is 0.727. The van der Waals surface area contributed by atoms with E-state index in [1.807, 2.05) is 18.7 Å². The van der Waals surface area contributed by atoms with Crippen molar-refractivity contribution in [2.24, 2.45) is 18.7 Å².